The largest absolute Gasteiger partial charge is 0.394 e. The SMILES string of the molecule is CCC1OCCC1C(=O)NC(C)(CO)c1ccccc1. The number of nitrogens with one attached hydrogen (secondary N) is 1. The molecule has 0 bridgehead atoms. The second-order valence-corrected chi connectivity index (χ2v) is 5.56. The number of rotatable bonds is 5. The minimum absolute atomic E-state index is 0.00582. The number of aliphatic hydroxyl groups excluding tert-OH is 1. The van der Waals surface area contributed by atoms with Crippen molar-refractivity contribution in [2.24, 2.45) is 5.92 Å². The lowest BCUT2D eigenvalue weighted by molar-refractivity contribution is -0.129. The van der Waals surface area contributed by atoms with Crippen LogP contribution in [0, 0.1) is 5.92 Å². The standard InChI is InChI=1S/C16H23NO3/c1-3-14-13(9-10-20-14)15(19)17-16(2,11-18)12-7-5-4-6-8-12/h4-8,13-14,18H,3,9-11H2,1-2H3,(H,17,19). The van der Waals surface area contributed by atoms with Gasteiger partial charge in [-0.15, -0.1) is 0 Å². The Morgan fingerprint density at radius 3 is 2.75 bits per heavy atom. The third-order valence-corrected chi connectivity index (χ3v) is 4.07. The molecule has 110 valence electrons. The van der Waals surface area contributed by atoms with Crippen LogP contribution in [0.3, 0.4) is 0 Å². The van der Waals surface area contributed by atoms with Gasteiger partial charge in [-0.3, -0.25) is 4.79 Å². The summed E-state index contributed by atoms with van der Waals surface area (Å²) in [5, 5.41) is 12.7. The molecule has 1 heterocycles. The van der Waals surface area contributed by atoms with E-state index >= 15 is 0 Å². The van der Waals surface area contributed by atoms with Gasteiger partial charge in [-0.05, 0) is 25.3 Å². The number of ether oxygens (including phenoxy) is 1. The van der Waals surface area contributed by atoms with E-state index in [-0.39, 0.29) is 24.5 Å². The molecular weight excluding hydrogens is 254 g/mol. The first-order valence-electron chi connectivity index (χ1n) is 7.20. The van der Waals surface area contributed by atoms with Crippen LogP contribution in [-0.4, -0.2) is 30.3 Å². The molecule has 2 rings (SSSR count). The molecule has 1 fully saturated rings. The molecule has 1 aliphatic rings. The first-order valence-corrected chi connectivity index (χ1v) is 7.20. The van der Waals surface area contributed by atoms with Gasteiger partial charge in [-0.25, -0.2) is 0 Å². The van der Waals surface area contributed by atoms with Crippen LogP contribution in [0.25, 0.3) is 0 Å². The van der Waals surface area contributed by atoms with Crippen molar-refractivity contribution in [3.8, 4) is 0 Å². The highest BCUT2D eigenvalue weighted by Crippen LogP contribution is 2.26. The van der Waals surface area contributed by atoms with Crippen molar-refractivity contribution in [2.45, 2.75) is 38.3 Å². The average molecular weight is 277 g/mol. The second kappa shape index (κ2) is 6.37. The zero-order chi connectivity index (χ0) is 14.6. The maximum absolute atomic E-state index is 12.5. The van der Waals surface area contributed by atoms with E-state index in [9.17, 15) is 9.90 Å². The molecule has 0 radical (unpaired) electrons. The number of aliphatic hydroxyl groups is 1. The minimum Gasteiger partial charge on any atom is -0.394 e. The molecule has 1 aliphatic heterocycles. The topological polar surface area (TPSA) is 58.6 Å². The van der Waals surface area contributed by atoms with Crippen molar-refractivity contribution in [1.29, 1.82) is 0 Å². The minimum atomic E-state index is -0.751. The monoisotopic (exact) mass is 277 g/mol. The van der Waals surface area contributed by atoms with Crippen molar-refractivity contribution in [3.63, 3.8) is 0 Å². The van der Waals surface area contributed by atoms with E-state index in [4.69, 9.17) is 4.74 Å². The molecule has 0 saturated carbocycles. The van der Waals surface area contributed by atoms with Crippen LogP contribution in [0.2, 0.25) is 0 Å². The van der Waals surface area contributed by atoms with E-state index in [1.54, 1.807) is 0 Å². The lowest BCUT2D eigenvalue weighted by Gasteiger charge is -2.31. The highest BCUT2D eigenvalue weighted by molar-refractivity contribution is 5.80. The molecule has 3 atom stereocenters. The zero-order valence-electron chi connectivity index (χ0n) is 12.1. The summed E-state index contributed by atoms with van der Waals surface area (Å²) in [6.07, 6.45) is 1.58. The molecule has 2 N–H and O–H groups in total. The Morgan fingerprint density at radius 1 is 1.45 bits per heavy atom. The first kappa shape index (κ1) is 15.0. The molecule has 1 saturated heterocycles. The molecule has 1 amide bonds. The molecule has 4 nitrogen and oxygen atoms in total. The Labute approximate surface area is 120 Å². The quantitative estimate of drug-likeness (QED) is 0.863. The first-order chi connectivity index (χ1) is 9.60. The van der Waals surface area contributed by atoms with E-state index in [0.717, 1.165) is 18.4 Å². The van der Waals surface area contributed by atoms with Crippen molar-refractivity contribution in [1.82, 2.24) is 5.32 Å². The predicted molar refractivity (Wildman–Crippen MR) is 77.2 cm³/mol. The average Bonchev–Trinajstić information content (AvgIpc) is 2.96. The fraction of sp³-hybridized carbons (Fsp3) is 0.562. The molecule has 20 heavy (non-hydrogen) atoms. The molecule has 3 unspecified atom stereocenters. The van der Waals surface area contributed by atoms with Crippen LogP contribution < -0.4 is 5.32 Å². The highest BCUT2D eigenvalue weighted by atomic mass is 16.5. The van der Waals surface area contributed by atoms with Gasteiger partial charge in [-0.1, -0.05) is 37.3 Å². The zero-order valence-corrected chi connectivity index (χ0v) is 12.1. The number of carbonyl (C=O) groups excluding carboxylic acids is 1. The van der Waals surface area contributed by atoms with Gasteiger partial charge in [0.25, 0.3) is 0 Å². The lowest BCUT2D eigenvalue weighted by Crippen LogP contribution is -2.49. The summed E-state index contributed by atoms with van der Waals surface area (Å²) >= 11 is 0. The van der Waals surface area contributed by atoms with E-state index in [1.165, 1.54) is 0 Å². The molecule has 1 aromatic carbocycles. The molecule has 0 spiro atoms. The number of benzene rings is 1. The van der Waals surface area contributed by atoms with Crippen LogP contribution in [0.1, 0.15) is 32.3 Å². The predicted octanol–water partition coefficient (Wildman–Crippen LogP) is 1.83. The summed E-state index contributed by atoms with van der Waals surface area (Å²) in [5.74, 6) is -0.149. The number of hydrogen-bond donors (Lipinski definition) is 2. The van der Waals surface area contributed by atoms with Crippen LogP contribution in [-0.2, 0) is 15.1 Å². The number of amides is 1. The van der Waals surface area contributed by atoms with Gasteiger partial charge in [0.2, 0.25) is 5.91 Å². The van der Waals surface area contributed by atoms with E-state index in [1.807, 2.05) is 44.2 Å². The Kier molecular flexibility index (Phi) is 4.78. The van der Waals surface area contributed by atoms with Gasteiger partial charge in [-0.2, -0.15) is 0 Å². The van der Waals surface area contributed by atoms with Crippen LogP contribution in [0.5, 0.6) is 0 Å². The molecule has 0 aromatic heterocycles. The van der Waals surface area contributed by atoms with E-state index in [2.05, 4.69) is 5.32 Å². The van der Waals surface area contributed by atoms with Crippen LogP contribution in [0.15, 0.2) is 30.3 Å². The van der Waals surface area contributed by atoms with Gasteiger partial charge >= 0.3 is 0 Å². The maximum Gasteiger partial charge on any atom is 0.226 e. The summed E-state index contributed by atoms with van der Waals surface area (Å²) in [7, 11) is 0. The summed E-state index contributed by atoms with van der Waals surface area (Å²) in [6.45, 7) is 4.38. The van der Waals surface area contributed by atoms with Gasteiger partial charge in [0.15, 0.2) is 0 Å². The Morgan fingerprint density at radius 2 is 2.15 bits per heavy atom. The highest BCUT2D eigenvalue weighted by Gasteiger charge is 2.36. The Hall–Kier alpha value is -1.39. The van der Waals surface area contributed by atoms with Crippen LogP contribution >= 0.6 is 0 Å². The van der Waals surface area contributed by atoms with Crippen molar-refractivity contribution < 1.29 is 14.6 Å². The van der Waals surface area contributed by atoms with Crippen LogP contribution in [0.4, 0.5) is 0 Å². The fourth-order valence-electron chi connectivity index (χ4n) is 2.72. The third kappa shape index (κ3) is 3.02. The Balaban J connectivity index is 2.12. The second-order valence-electron chi connectivity index (χ2n) is 5.56. The van der Waals surface area contributed by atoms with Gasteiger partial charge in [0.1, 0.15) is 0 Å². The van der Waals surface area contributed by atoms with E-state index < -0.39 is 5.54 Å². The van der Waals surface area contributed by atoms with Gasteiger partial charge < -0.3 is 15.2 Å². The summed E-state index contributed by atoms with van der Waals surface area (Å²) < 4.78 is 5.57. The fourth-order valence-corrected chi connectivity index (χ4v) is 2.72. The summed E-state index contributed by atoms with van der Waals surface area (Å²) in [5.41, 5.74) is 0.155. The van der Waals surface area contributed by atoms with Gasteiger partial charge in [0, 0.05) is 6.61 Å². The van der Waals surface area contributed by atoms with Gasteiger partial charge in [0.05, 0.1) is 24.2 Å². The summed E-state index contributed by atoms with van der Waals surface area (Å²) in [6, 6.07) is 9.56. The number of hydrogen-bond acceptors (Lipinski definition) is 3. The molecular formula is C16H23NO3. The summed E-state index contributed by atoms with van der Waals surface area (Å²) in [4.78, 5) is 12.5. The van der Waals surface area contributed by atoms with Crippen molar-refractivity contribution in [2.75, 3.05) is 13.2 Å². The smallest absolute Gasteiger partial charge is 0.226 e. The molecule has 1 aromatic rings. The Bertz CT molecular complexity index is 448. The van der Waals surface area contributed by atoms with Crippen molar-refractivity contribution >= 4 is 5.91 Å². The molecule has 0 aliphatic carbocycles. The lowest BCUT2D eigenvalue weighted by atomic mass is 9.90. The van der Waals surface area contributed by atoms with E-state index in [0.29, 0.717) is 6.61 Å². The van der Waals surface area contributed by atoms with Crippen molar-refractivity contribution in [3.05, 3.63) is 35.9 Å². The molecule has 4 heteroatoms. The number of carbonyl (C=O) groups is 1. The maximum atomic E-state index is 12.5. The normalized spacial score (nSPS) is 25.1. The third-order valence-electron chi connectivity index (χ3n) is 4.07.